The van der Waals surface area contributed by atoms with Crippen LogP contribution in [-0.2, 0) is 4.79 Å². The third-order valence-corrected chi connectivity index (χ3v) is 3.99. The summed E-state index contributed by atoms with van der Waals surface area (Å²) in [4.78, 5) is 12.2. The van der Waals surface area contributed by atoms with Gasteiger partial charge in [0.2, 0.25) is 0 Å². The van der Waals surface area contributed by atoms with Crippen molar-refractivity contribution >= 4 is 5.78 Å². The van der Waals surface area contributed by atoms with Crippen molar-refractivity contribution in [2.24, 2.45) is 23.2 Å². The fourth-order valence-electron chi connectivity index (χ4n) is 2.51. The van der Waals surface area contributed by atoms with Gasteiger partial charge in [-0.2, -0.15) is 13.2 Å². The Morgan fingerprint density at radius 3 is 2.00 bits per heavy atom. The molecule has 2 nitrogen and oxygen atoms in total. The number of hydrogen-bond acceptors (Lipinski definition) is 2. The van der Waals surface area contributed by atoms with Crippen molar-refractivity contribution in [3.8, 4) is 0 Å². The molecule has 0 bridgehead atoms. The van der Waals surface area contributed by atoms with Gasteiger partial charge in [-0.3, -0.25) is 4.79 Å². The number of carbonyl (C=O) groups excluding carboxylic acids is 1. The van der Waals surface area contributed by atoms with Crippen LogP contribution in [-0.4, -0.2) is 24.5 Å². The standard InChI is InChI=1S/C13H22F3NO/c1-7-8(2)10(11(18)12(3,4)5)17-6-9(7)13(14,15)16/h7-10,17H,6H2,1-5H3. The number of halogens is 3. The zero-order valence-electron chi connectivity index (χ0n) is 11.6. The number of hydrogen-bond donors (Lipinski definition) is 1. The summed E-state index contributed by atoms with van der Waals surface area (Å²) in [6, 6.07) is -0.474. The molecule has 106 valence electrons. The van der Waals surface area contributed by atoms with E-state index in [0.717, 1.165) is 0 Å². The first-order valence-corrected chi connectivity index (χ1v) is 6.30. The summed E-state index contributed by atoms with van der Waals surface area (Å²) < 4.78 is 38.4. The van der Waals surface area contributed by atoms with E-state index in [1.54, 1.807) is 34.6 Å². The highest BCUT2D eigenvalue weighted by molar-refractivity contribution is 5.89. The summed E-state index contributed by atoms with van der Waals surface area (Å²) in [5.41, 5.74) is -0.531. The Morgan fingerprint density at radius 2 is 1.61 bits per heavy atom. The van der Waals surface area contributed by atoms with Gasteiger partial charge in [-0.15, -0.1) is 0 Å². The molecule has 1 N–H and O–H groups in total. The monoisotopic (exact) mass is 265 g/mol. The van der Waals surface area contributed by atoms with E-state index in [-0.39, 0.29) is 18.2 Å². The minimum absolute atomic E-state index is 0.0116. The van der Waals surface area contributed by atoms with Gasteiger partial charge in [0.15, 0.2) is 5.78 Å². The third-order valence-electron chi connectivity index (χ3n) is 3.99. The zero-order valence-corrected chi connectivity index (χ0v) is 11.6. The molecule has 1 heterocycles. The topological polar surface area (TPSA) is 29.1 Å². The Kier molecular flexibility index (Phi) is 4.16. The first-order chi connectivity index (χ1) is 7.96. The van der Waals surface area contributed by atoms with Crippen LogP contribution in [0, 0.1) is 23.2 Å². The second kappa shape index (κ2) is 4.83. The van der Waals surface area contributed by atoms with E-state index in [4.69, 9.17) is 0 Å². The molecule has 0 aromatic carbocycles. The second-order valence-corrected chi connectivity index (χ2v) is 6.37. The van der Waals surface area contributed by atoms with Crippen LogP contribution in [0.4, 0.5) is 13.2 Å². The molecule has 0 radical (unpaired) electrons. The quantitative estimate of drug-likeness (QED) is 0.789. The summed E-state index contributed by atoms with van der Waals surface area (Å²) in [6.45, 7) is 8.54. The predicted molar refractivity (Wildman–Crippen MR) is 64.1 cm³/mol. The van der Waals surface area contributed by atoms with E-state index in [1.165, 1.54) is 0 Å². The molecule has 1 saturated heterocycles. The first-order valence-electron chi connectivity index (χ1n) is 6.30. The van der Waals surface area contributed by atoms with Gasteiger partial charge in [0.05, 0.1) is 12.0 Å². The van der Waals surface area contributed by atoms with Gasteiger partial charge >= 0.3 is 6.18 Å². The van der Waals surface area contributed by atoms with E-state index in [9.17, 15) is 18.0 Å². The summed E-state index contributed by atoms with van der Waals surface area (Å²) >= 11 is 0. The van der Waals surface area contributed by atoms with Crippen LogP contribution in [0.2, 0.25) is 0 Å². The number of piperidine rings is 1. The highest BCUT2D eigenvalue weighted by Crippen LogP contribution is 2.40. The van der Waals surface area contributed by atoms with Gasteiger partial charge in [0, 0.05) is 12.0 Å². The molecule has 1 aliphatic heterocycles. The van der Waals surface area contributed by atoms with Gasteiger partial charge in [0.1, 0.15) is 0 Å². The van der Waals surface area contributed by atoms with Crippen LogP contribution in [0.5, 0.6) is 0 Å². The first kappa shape index (κ1) is 15.5. The summed E-state index contributed by atoms with van der Waals surface area (Å²) in [6.07, 6.45) is -4.20. The van der Waals surface area contributed by atoms with Crippen LogP contribution in [0.15, 0.2) is 0 Å². The Balaban J connectivity index is 2.85. The zero-order chi connectivity index (χ0) is 14.3. The lowest BCUT2D eigenvalue weighted by Crippen LogP contribution is -2.58. The van der Waals surface area contributed by atoms with Crippen molar-refractivity contribution in [2.45, 2.75) is 46.8 Å². The van der Waals surface area contributed by atoms with E-state index < -0.39 is 29.5 Å². The number of Topliss-reactive ketones (excluding diaryl/α,β-unsaturated/α-hetero) is 1. The van der Waals surface area contributed by atoms with Gasteiger partial charge in [-0.1, -0.05) is 34.6 Å². The highest BCUT2D eigenvalue weighted by atomic mass is 19.4. The molecule has 1 rings (SSSR count). The fraction of sp³-hybridized carbons (Fsp3) is 0.923. The maximum absolute atomic E-state index is 12.8. The molecule has 0 spiro atoms. The summed E-state index contributed by atoms with van der Waals surface area (Å²) in [5, 5.41) is 2.79. The molecule has 18 heavy (non-hydrogen) atoms. The molecule has 0 aliphatic carbocycles. The molecule has 4 unspecified atom stereocenters. The normalized spacial score (nSPS) is 34.4. The number of ketones is 1. The SMILES string of the molecule is CC1C(C(=O)C(C)(C)C)NCC(C(F)(F)F)C1C. The Bertz CT molecular complexity index is 319. The predicted octanol–water partition coefficient (Wildman–Crippen LogP) is 3.02. The van der Waals surface area contributed by atoms with E-state index in [0.29, 0.717) is 0 Å². The number of rotatable bonds is 1. The smallest absolute Gasteiger partial charge is 0.307 e. The maximum Gasteiger partial charge on any atom is 0.393 e. The molecule has 1 fully saturated rings. The summed E-state index contributed by atoms with van der Waals surface area (Å²) in [5.74, 6) is -2.22. The molecule has 0 aromatic heterocycles. The number of alkyl halides is 3. The average molecular weight is 265 g/mol. The van der Waals surface area contributed by atoms with Crippen molar-refractivity contribution < 1.29 is 18.0 Å². The van der Waals surface area contributed by atoms with Gasteiger partial charge in [-0.05, 0) is 11.8 Å². The second-order valence-electron chi connectivity index (χ2n) is 6.37. The molecule has 0 amide bonds. The lowest BCUT2D eigenvalue weighted by molar-refractivity contribution is -0.198. The largest absolute Gasteiger partial charge is 0.393 e. The molecular formula is C13H22F3NO. The summed E-state index contributed by atoms with van der Waals surface area (Å²) in [7, 11) is 0. The van der Waals surface area contributed by atoms with E-state index in [1.807, 2.05) is 0 Å². The van der Waals surface area contributed by atoms with Crippen LogP contribution in [0.1, 0.15) is 34.6 Å². The number of carbonyl (C=O) groups is 1. The van der Waals surface area contributed by atoms with Gasteiger partial charge < -0.3 is 5.32 Å². The molecule has 5 heteroatoms. The van der Waals surface area contributed by atoms with Crippen LogP contribution < -0.4 is 5.32 Å². The lowest BCUT2D eigenvalue weighted by Gasteiger charge is -2.42. The van der Waals surface area contributed by atoms with Crippen molar-refractivity contribution in [1.29, 1.82) is 0 Å². The van der Waals surface area contributed by atoms with Crippen LogP contribution >= 0.6 is 0 Å². The van der Waals surface area contributed by atoms with Gasteiger partial charge in [-0.25, -0.2) is 0 Å². The minimum atomic E-state index is -4.20. The van der Waals surface area contributed by atoms with Crippen LogP contribution in [0.25, 0.3) is 0 Å². The molecule has 1 aliphatic rings. The Hall–Kier alpha value is -0.580. The van der Waals surface area contributed by atoms with Crippen molar-refractivity contribution in [2.75, 3.05) is 6.54 Å². The molecule has 0 aromatic rings. The fourth-order valence-corrected chi connectivity index (χ4v) is 2.51. The molecule has 4 atom stereocenters. The van der Waals surface area contributed by atoms with Crippen LogP contribution in [0.3, 0.4) is 0 Å². The number of nitrogens with one attached hydrogen (secondary N) is 1. The van der Waals surface area contributed by atoms with Gasteiger partial charge in [0.25, 0.3) is 0 Å². The van der Waals surface area contributed by atoms with Crippen molar-refractivity contribution in [1.82, 2.24) is 5.32 Å². The molecule has 0 saturated carbocycles. The lowest BCUT2D eigenvalue weighted by atomic mass is 9.71. The van der Waals surface area contributed by atoms with Crippen molar-refractivity contribution in [3.63, 3.8) is 0 Å². The average Bonchev–Trinajstić information content (AvgIpc) is 2.17. The minimum Gasteiger partial charge on any atom is -0.307 e. The van der Waals surface area contributed by atoms with Crippen molar-refractivity contribution in [3.05, 3.63) is 0 Å². The maximum atomic E-state index is 12.8. The Morgan fingerprint density at radius 1 is 1.11 bits per heavy atom. The third kappa shape index (κ3) is 3.05. The van der Waals surface area contributed by atoms with E-state index >= 15 is 0 Å². The molecular weight excluding hydrogens is 243 g/mol. The highest BCUT2D eigenvalue weighted by Gasteiger charge is 2.50. The van der Waals surface area contributed by atoms with E-state index in [2.05, 4.69) is 5.32 Å². The Labute approximate surface area is 106 Å².